The first-order valence-electron chi connectivity index (χ1n) is 2.67. The largest absolute Gasteiger partial charge is 0.304 e. The van der Waals surface area contributed by atoms with Crippen molar-refractivity contribution in [3.05, 3.63) is 12.7 Å². The third kappa shape index (κ3) is 3.40. The average molecular weight is 112 g/mol. The van der Waals surface area contributed by atoms with Crippen LogP contribution in [0.3, 0.4) is 0 Å². The van der Waals surface area contributed by atoms with Crippen molar-refractivity contribution in [3.63, 3.8) is 0 Å². The van der Waals surface area contributed by atoms with Gasteiger partial charge in [-0.25, -0.2) is 0 Å². The Morgan fingerprint density at radius 3 is 2.75 bits per heavy atom. The molecule has 0 heterocycles. The molecule has 0 fully saturated rings. The Morgan fingerprint density at radius 2 is 2.38 bits per heavy atom. The van der Waals surface area contributed by atoms with E-state index in [4.69, 9.17) is 0 Å². The molecule has 0 aliphatic carbocycles. The summed E-state index contributed by atoms with van der Waals surface area (Å²) in [6.45, 7) is 7.43. The number of hydrogen-bond donors (Lipinski definition) is 1. The number of nitrogens with one attached hydrogen (secondary N) is 1. The van der Waals surface area contributed by atoms with Crippen LogP contribution in [-0.2, 0) is 0 Å². The van der Waals surface area contributed by atoms with Gasteiger partial charge in [-0.1, -0.05) is 6.08 Å². The Morgan fingerprint density at radius 1 is 1.75 bits per heavy atom. The maximum Gasteiger partial charge on any atom is 0.0589 e. The topological polar surface area (TPSA) is 24.4 Å². The minimum Gasteiger partial charge on any atom is -0.304 e. The summed E-state index contributed by atoms with van der Waals surface area (Å²) in [7, 11) is 0. The first-order chi connectivity index (χ1) is 3.81. The van der Waals surface area contributed by atoms with E-state index in [-0.39, 0.29) is 6.04 Å². The summed E-state index contributed by atoms with van der Waals surface area (Å²) in [5.74, 6) is 0. The molecule has 1 unspecified atom stereocenters. The number of nitrogens with zero attached hydrogens (tertiary/aromatic N) is 1. The third-order valence-corrected chi connectivity index (χ3v) is 0.761. The normalized spacial score (nSPS) is 13.8. The lowest BCUT2D eigenvalue weighted by atomic mass is 10.4. The van der Waals surface area contributed by atoms with Crippen LogP contribution in [0.15, 0.2) is 17.8 Å². The van der Waals surface area contributed by atoms with Gasteiger partial charge in [-0.15, -0.1) is 6.58 Å². The minimum atomic E-state index is 0.270. The maximum absolute atomic E-state index is 3.80. The summed E-state index contributed by atoms with van der Waals surface area (Å²) in [6, 6.07) is 0.270. The maximum atomic E-state index is 3.80. The Balaban J connectivity index is 3.23. The second-order valence-electron chi connectivity index (χ2n) is 1.54. The zero-order valence-corrected chi connectivity index (χ0v) is 5.39. The van der Waals surface area contributed by atoms with E-state index >= 15 is 0 Å². The van der Waals surface area contributed by atoms with Crippen molar-refractivity contribution >= 4 is 6.21 Å². The van der Waals surface area contributed by atoms with Gasteiger partial charge in [0.15, 0.2) is 0 Å². The molecule has 1 atom stereocenters. The van der Waals surface area contributed by atoms with Crippen LogP contribution in [0.2, 0.25) is 0 Å². The van der Waals surface area contributed by atoms with Gasteiger partial charge in [0.25, 0.3) is 0 Å². The first kappa shape index (κ1) is 7.21. The van der Waals surface area contributed by atoms with E-state index < -0.39 is 0 Å². The predicted molar refractivity (Wildman–Crippen MR) is 37.0 cm³/mol. The summed E-state index contributed by atoms with van der Waals surface area (Å²) in [4.78, 5) is 0. The second-order valence-corrected chi connectivity index (χ2v) is 1.54. The van der Waals surface area contributed by atoms with Crippen LogP contribution in [0.4, 0.5) is 0 Å². The van der Waals surface area contributed by atoms with Crippen molar-refractivity contribution in [2.24, 2.45) is 5.10 Å². The van der Waals surface area contributed by atoms with Crippen molar-refractivity contribution < 1.29 is 0 Å². The second kappa shape index (κ2) is 4.37. The molecule has 0 aromatic heterocycles. The van der Waals surface area contributed by atoms with Gasteiger partial charge in [-0.3, -0.25) is 0 Å². The highest BCUT2D eigenvalue weighted by molar-refractivity contribution is 5.52. The van der Waals surface area contributed by atoms with Crippen LogP contribution >= 0.6 is 0 Å². The lowest BCUT2D eigenvalue weighted by molar-refractivity contribution is 0.675. The number of hydrazone groups is 1. The molecular weight excluding hydrogens is 100 g/mol. The molecule has 0 aliphatic rings. The SMILES string of the molecule is C=CC(C)N/N=C/C. The summed E-state index contributed by atoms with van der Waals surface area (Å²) >= 11 is 0. The Kier molecular flexibility index (Phi) is 3.94. The van der Waals surface area contributed by atoms with Crippen molar-refractivity contribution in [1.29, 1.82) is 0 Å². The van der Waals surface area contributed by atoms with Gasteiger partial charge in [0.05, 0.1) is 6.04 Å². The van der Waals surface area contributed by atoms with Crippen LogP contribution in [0.25, 0.3) is 0 Å². The van der Waals surface area contributed by atoms with Crippen molar-refractivity contribution in [3.8, 4) is 0 Å². The Bertz CT molecular complexity index is 86.5. The molecule has 0 saturated heterocycles. The quantitative estimate of drug-likeness (QED) is 0.330. The highest BCUT2D eigenvalue weighted by atomic mass is 15.3. The molecule has 46 valence electrons. The van der Waals surface area contributed by atoms with Crippen LogP contribution in [0.5, 0.6) is 0 Å². The van der Waals surface area contributed by atoms with Gasteiger partial charge in [-0.05, 0) is 13.8 Å². The lowest BCUT2D eigenvalue weighted by Gasteiger charge is -2.01. The average Bonchev–Trinajstić information content (AvgIpc) is 1.83. The zero-order chi connectivity index (χ0) is 6.41. The smallest absolute Gasteiger partial charge is 0.0589 e. The number of rotatable bonds is 3. The van der Waals surface area contributed by atoms with E-state index in [1.165, 1.54) is 0 Å². The van der Waals surface area contributed by atoms with Crippen molar-refractivity contribution in [2.75, 3.05) is 0 Å². The molecule has 0 bridgehead atoms. The van der Waals surface area contributed by atoms with Gasteiger partial charge >= 0.3 is 0 Å². The van der Waals surface area contributed by atoms with Crippen molar-refractivity contribution in [1.82, 2.24) is 5.43 Å². The molecular formula is C6H12N2. The molecule has 0 rings (SSSR count). The molecule has 2 heteroatoms. The molecule has 0 aromatic rings. The third-order valence-electron chi connectivity index (χ3n) is 0.761. The first-order valence-corrected chi connectivity index (χ1v) is 2.67. The van der Waals surface area contributed by atoms with Crippen LogP contribution in [0, 0.1) is 0 Å². The monoisotopic (exact) mass is 112 g/mol. The van der Waals surface area contributed by atoms with Crippen LogP contribution < -0.4 is 5.43 Å². The standard InChI is InChI=1S/C6H12N2/c1-4-6(3)8-7-5-2/h4-6,8H,1H2,2-3H3/b7-5+. The zero-order valence-electron chi connectivity index (χ0n) is 5.39. The summed E-state index contributed by atoms with van der Waals surface area (Å²) in [5, 5.41) is 3.80. The number of hydrogen-bond acceptors (Lipinski definition) is 2. The summed E-state index contributed by atoms with van der Waals surface area (Å²) < 4.78 is 0. The molecule has 0 saturated carbocycles. The molecule has 1 N–H and O–H groups in total. The summed E-state index contributed by atoms with van der Waals surface area (Å²) in [5.41, 5.74) is 2.83. The van der Waals surface area contributed by atoms with Gasteiger partial charge in [-0.2, -0.15) is 5.10 Å². The highest BCUT2D eigenvalue weighted by Crippen LogP contribution is 1.77. The van der Waals surface area contributed by atoms with E-state index in [2.05, 4.69) is 17.1 Å². The molecule has 8 heavy (non-hydrogen) atoms. The molecule has 0 amide bonds. The molecule has 0 spiro atoms. The van der Waals surface area contributed by atoms with Gasteiger partial charge < -0.3 is 5.43 Å². The van der Waals surface area contributed by atoms with Crippen molar-refractivity contribution in [2.45, 2.75) is 19.9 Å². The van der Waals surface area contributed by atoms with E-state index in [0.717, 1.165) is 0 Å². The van der Waals surface area contributed by atoms with E-state index in [1.807, 2.05) is 13.8 Å². The van der Waals surface area contributed by atoms with E-state index in [9.17, 15) is 0 Å². The van der Waals surface area contributed by atoms with Gasteiger partial charge in [0, 0.05) is 6.21 Å². The van der Waals surface area contributed by atoms with Crippen LogP contribution in [0.1, 0.15) is 13.8 Å². The summed E-state index contributed by atoms with van der Waals surface area (Å²) in [6.07, 6.45) is 3.51. The fraction of sp³-hybridized carbons (Fsp3) is 0.500. The fourth-order valence-corrected chi connectivity index (χ4v) is 0.245. The Labute approximate surface area is 50.3 Å². The van der Waals surface area contributed by atoms with Crippen LogP contribution in [-0.4, -0.2) is 12.3 Å². The predicted octanol–water partition coefficient (Wildman–Crippen LogP) is 1.16. The minimum absolute atomic E-state index is 0.270. The molecule has 0 aromatic carbocycles. The Hall–Kier alpha value is -0.790. The van der Waals surface area contributed by atoms with Gasteiger partial charge in [0.1, 0.15) is 0 Å². The molecule has 2 nitrogen and oxygen atoms in total. The molecule has 0 radical (unpaired) electrons. The fourth-order valence-electron chi connectivity index (χ4n) is 0.245. The molecule has 0 aliphatic heterocycles. The van der Waals surface area contributed by atoms with E-state index in [1.54, 1.807) is 12.3 Å². The highest BCUT2D eigenvalue weighted by Gasteiger charge is 1.85. The lowest BCUT2D eigenvalue weighted by Crippen LogP contribution is -2.16. The van der Waals surface area contributed by atoms with E-state index in [0.29, 0.717) is 0 Å². The van der Waals surface area contributed by atoms with Gasteiger partial charge in [0.2, 0.25) is 0 Å².